The lowest BCUT2D eigenvalue weighted by Crippen LogP contribution is -2.30. The van der Waals surface area contributed by atoms with E-state index >= 15 is 0 Å². The Labute approximate surface area is 99.9 Å². The van der Waals surface area contributed by atoms with Crippen molar-refractivity contribution in [2.45, 2.75) is 39.2 Å². The van der Waals surface area contributed by atoms with Gasteiger partial charge in [0.2, 0.25) is 0 Å². The minimum absolute atomic E-state index is 0.130. The summed E-state index contributed by atoms with van der Waals surface area (Å²) < 4.78 is 1.64. The zero-order valence-corrected chi connectivity index (χ0v) is 10.1. The van der Waals surface area contributed by atoms with E-state index in [1.165, 1.54) is 6.07 Å². The highest BCUT2D eigenvalue weighted by Gasteiger charge is 2.28. The minimum Gasteiger partial charge on any atom is -0.477 e. The number of hydrogen-bond acceptors (Lipinski definition) is 2. The fourth-order valence-corrected chi connectivity index (χ4v) is 2.04. The van der Waals surface area contributed by atoms with Crippen LogP contribution in [0.4, 0.5) is 0 Å². The van der Waals surface area contributed by atoms with Crippen molar-refractivity contribution in [2.75, 3.05) is 0 Å². The molecule has 0 spiro atoms. The van der Waals surface area contributed by atoms with Crippen molar-refractivity contribution in [1.29, 1.82) is 0 Å². The monoisotopic (exact) mass is 235 g/mol. The molecule has 0 bridgehead atoms. The minimum atomic E-state index is -1.14. The third-order valence-electron chi connectivity index (χ3n) is 2.98. The molecule has 1 fully saturated rings. The molecule has 0 unspecified atom stereocenters. The van der Waals surface area contributed by atoms with Crippen LogP contribution in [-0.4, -0.2) is 15.6 Å². The third kappa shape index (κ3) is 2.40. The van der Waals surface area contributed by atoms with E-state index in [-0.39, 0.29) is 11.1 Å². The summed E-state index contributed by atoms with van der Waals surface area (Å²) in [4.78, 5) is 23.0. The van der Waals surface area contributed by atoms with E-state index in [1.807, 2.05) is 13.8 Å². The van der Waals surface area contributed by atoms with Crippen molar-refractivity contribution >= 4 is 5.97 Å². The average Bonchev–Trinajstić information content (AvgIpc) is 3.03. The lowest BCUT2D eigenvalue weighted by Gasteiger charge is -2.15. The highest BCUT2D eigenvalue weighted by molar-refractivity contribution is 5.87. The van der Waals surface area contributed by atoms with Gasteiger partial charge in [0.15, 0.2) is 0 Å². The molecule has 1 aromatic rings. The standard InChI is InChI=1S/C13H17NO3/c1-8(2)7-14-11(9-3-4-9)6-5-10(12(14)15)13(16)17/h5-6,8-9H,3-4,7H2,1-2H3,(H,16,17). The zero-order chi connectivity index (χ0) is 12.6. The molecular weight excluding hydrogens is 218 g/mol. The van der Waals surface area contributed by atoms with E-state index in [1.54, 1.807) is 10.6 Å². The molecule has 92 valence electrons. The van der Waals surface area contributed by atoms with Gasteiger partial charge >= 0.3 is 5.97 Å². The molecule has 2 rings (SSSR count). The molecular formula is C13H17NO3. The molecule has 0 amide bonds. The normalized spacial score (nSPS) is 15.2. The highest BCUT2D eigenvalue weighted by Crippen LogP contribution is 2.39. The van der Waals surface area contributed by atoms with Crippen LogP contribution in [-0.2, 0) is 6.54 Å². The molecule has 4 heteroatoms. The molecule has 4 nitrogen and oxygen atoms in total. The second-order valence-corrected chi connectivity index (χ2v) is 5.06. The zero-order valence-electron chi connectivity index (χ0n) is 10.1. The fourth-order valence-electron chi connectivity index (χ4n) is 2.04. The predicted molar refractivity (Wildman–Crippen MR) is 64.5 cm³/mol. The van der Waals surface area contributed by atoms with Gasteiger partial charge < -0.3 is 9.67 Å². The van der Waals surface area contributed by atoms with Crippen molar-refractivity contribution in [3.05, 3.63) is 33.7 Å². The van der Waals surface area contributed by atoms with Crippen LogP contribution in [0.25, 0.3) is 0 Å². The largest absolute Gasteiger partial charge is 0.477 e. The summed E-state index contributed by atoms with van der Waals surface area (Å²) in [6.45, 7) is 4.64. The van der Waals surface area contributed by atoms with Crippen molar-refractivity contribution in [3.63, 3.8) is 0 Å². The van der Waals surface area contributed by atoms with Crippen molar-refractivity contribution in [3.8, 4) is 0 Å². The summed E-state index contributed by atoms with van der Waals surface area (Å²) in [5, 5.41) is 8.96. The highest BCUT2D eigenvalue weighted by atomic mass is 16.4. The Kier molecular flexibility index (Phi) is 3.05. The number of pyridine rings is 1. The number of aromatic carboxylic acids is 1. The number of rotatable bonds is 4. The van der Waals surface area contributed by atoms with E-state index in [0.717, 1.165) is 18.5 Å². The van der Waals surface area contributed by atoms with E-state index < -0.39 is 5.97 Å². The Bertz CT molecular complexity index is 498. The van der Waals surface area contributed by atoms with Crippen LogP contribution in [0.1, 0.15) is 48.7 Å². The molecule has 1 saturated carbocycles. The molecule has 1 heterocycles. The van der Waals surface area contributed by atoms with Gasteiger partial charge in [0.25, 0.3) is 5.56 Å². The van der Waals surface area contributed by atoms with Gasteiger partial charge in [0.05, 0.1) is 0 Å². The Morgan fingerprint density at radius 1 is 1.47 bits per heavy atom. The molecule has 1 N–H and O–H groups in total. The van der Waals surface area contributed by atoms with E-state index in [0.29, 0.717) is 18.4 Å². The van der Waals surface area contributed by atoms with Crippen molar-refractivity contribution < 1.29 is 9.90 Å². The fraction of sp³-hybridized carbons (Fsp3) is 0.538. The van der Waals surface area contributed by atoms with Gasteiger partial charge in [-0.3, -0.25) is 4.79 Å². The van der Waals surface area contributed by atoms with Crippen LogP contribution in [0.15, 0.2) is 16.9 Å². The maximum atomic E-state index is 12.1. The van der Waals surface area contributed by atoms with Crippen LogP contribution >= 0.6 is 0 Å². The average molecular weight is 235 g/mol. The number of carboxylic acids is 1. The summed E-state index contributed by atoms with van der Waals surface area (Å²) in [7, 11) is 0. The van der Waals surface area contributed by atoms with Gasteiger partial charge in [-0.15, -0.1) is 0 Å². The lowest BCUT2D eigenvalue weighted by molar-refractivity contribution is 0.0694. The van der Waals surface area contributed by atoms with Gasteiger partial charge in [-0.25, -0.2) is 4.79 Å². The summed E-state index contributed by atoms with van der Waals surface area (Å²) in [6.07, 6.45) is 2.20. The van der Waals surface area contributed by atoms with Gasteiger partial charge in [-0.1, -0.05) is 13.8 Å². The third-order valence-corrected chi connectivity index (χ3v) is 2.98. The first-order valence-electron chi connectivity index (χ1n) is 5.97. The summed E-state index contributed by atoms with van der Waals surface area (Å²) in [5.41, 5.74) is 0.499. The number of aromatic nitrogens is 1. The second kappa shape index (κ2) is 4.35. The van der Waals surface area contributed by atoms with Gasteiger partial charge in [-0.05, 0) is 36.8 Å². The summed E-state index contributed by atoms with van der Waals surface area (Å²) in [5.74, 6) is -0.367. The topological polar surface area (TPSA) is 59.3 Å². The second-order valence-electron chi connectivity index (χ2n) is 5.06. The Balaban J connectivity index is 2.52. The van der Waals surface area contributed by atoms with Gasteiger partial charge in [0.1, 0.15) is 5.56 Å². The van der Waals surface area contributed by atoms with Crippen molar-refractivity contribution in [2.24, 2.45) is 5.92 Å². The summed E-state index contributed by atoms with van der Waals surface area (Å²) in [6, 6.07) is 3.24. The maximum Gasteiger partial charge on any atom is 0.341 e. The molecule has 17 heavy (non-hydrogen) atoms. The first-order chi connectivity index (χ1) is 8.00. The Morgan fingerprint density at radius 3 is 2.59 bits per heavy atom. The number of carboxylic acid groups (broad SMARTS) is 1. The smallest absolute Gasteiger partial charge is 0.341 e. The van der Waals surface area contributed by atoms with Crippen LogP contribution in [0.5, 0.6) is 0 Å². The number of hydrogen-bond donors (Lipinski definition) is 1. The molecule has 0 aromatic carbocycles. The first-order valence-corrected chi connectivity index (χ1v) is 5.97. The van der Waals surface area contributed by atoms with Crippen molar-refractivity contribution in [1.82, 2.24) is 4.57 Å². The molecule has 1 aliphatic rings. The summed E-state index contributed by atoms with van der Waals surface area (Å²) >= 11 is 0. The maximum absolute atomic E-state index is 12.1. The van der Waals surface area contributed by atoms with Crippen LogP contribution in [0.3, 0.4) is 0 Å². The van der Waals surface area contributed by atoms with E-state index in [9.17, 15) is 9.59 Å². The Hall–Kier alpha value is -1.58. The molecule has 0 saturated heterocycles. The molecule has 0 radical (unpaired) electrons. The van der Waals surface area contributed by atoms with E-state index in [4.69, 9.17) is 5.11 Å². The quantitative estimate of drug-likeness (QED) is 0.869. The van der Waals surface area contributed by atoms with Crippen LogP contribution in [0, 0.1) is 5.92 Å². The predicted octanol–water partition coefficient (Wildman–Crippen LogP) is 2.08. The Morgan fingerprint density at radius 2 is 2.12 bits per heavy atom. The molecule has 1 aromatic heterocycles. The van der Waals surface area contributed by atoms with Gasteiger partial charge in [-0.2, -0.15) is 0 Å². The number of carbonyl (C=O) groups is 1. The van der Waals surface area contributed by atoms with Gasteiger partial charge in [0, 0.05) is 12.2 Å². The van der Waals surface area contributed by atoms with Crippen LogP contribution in [0.2, 0.25) is 0 Å². The first kappa shape index (κ1) is 11.9. The molecule has 0 atom stereocenters. The number of nitrogens with zero attached hydrogens (tertiary/aromatic N) is 1. The van der Waals surface area contributed by atoms with E-state index in [2.05, 4.69) is 0 Å². The molecule has 1 aliphatic carbocycles. The van der Waals surface area contributed by atoms with Crippen LogP contribution < -0.4 is 5.56 Å². The molecule has 0 aliphatic heterocycles. The SMILES string of the molecule is CC(C)Cn1c(C2CC2)ccc(C(=O)O)c1=O. The lowest BCUT2D eigenvalue weighted by atomic mass is 10.1.